The molecule has 4 fully saturated rings. The van der Waals surface area contributed by atoms with Gasteiger partial charge in [-0.15, -0.1) is 0 Å². The number of hydrogen-bond donors (Lipinski definition) is 0. The van der Waals surface area contributed by atoms with Crippen molar-refractivity contribution in [2.24, 2.45) is 0 Å². The number of morpholine rings is 2. The van der Waals surface area contributed by atoms with E-state index in [0.29, 0.717) is 0 Å². The molecule has 4 aliphatic rings. The lowest BCUT2D eigenvalue weighted by Crippen LogP contribution is -2.54. The van der Waals surface area contributed by atoms with Crippen molar-refractivity contribution in [1.82, 2.24) is 9.80 Å². The fourth-order valence-electron chi connectivity index (χ4n) is 3.87. The molecule has 0 N–H and O–H groups in total. The number of amides is 2. The Morgan fingerprint density at radius 2 is 1.38 bits per heavy atom. The van der Waals surface area contributed by atoms with E-state index in [1.807, 2.05) is 0 Å². The molecule has 11 nitrogen and oxygen atoms in total. The average Bonchev–Trinajstić information content (AvgIpc) is 3.13. The van der Waals surface area contributed by atoms with Crippen molar-refractivity contribution in [2.75, 3.05) is 33.3 Å². The van der Waals surface area contributed by atoms with Crippen LogP contribution in [0.3, 0.4) is 0 Å². The molecule has 0 aromatic heterocycles. The van der Waals surface area contributed by atoms with Gasteiger partial charge in [-0.25, -0.2) is 9.59 Å². The summed E-state index contributed by atoms with van der Waals surface area (Å²) in [4.78, 5) is 40.3. The number of rotatable bonds is 2. The summed E-state index contributed by atoms with van der Waals surface area (Å²) in [7, 11) is 1.28. The first kappa shape index (κ1) is 20.3. The van der Waals surface area contributed by atoms with Crippen LogP contribution in [-0.4, -0.2) is 104 Å². The highest BCUT2D eigenvalue weighted by molar-refractivity contribution is 5.83. The van der Waals surface area contributed by atoms with Crippen LogP contribution in [0.25, 0.3) is 0 Å². The summed E-state index contributed by atoms with van der Waals surface area (Å²) in [5, 5.41) is 0. The van der Waals surface area contributed by atoms with Crippen molar-refractivity contribution in [3.8, 4) is 0 Å². The van der Waals surface area contributed by atoms with E-state index in [9.17, 15) is 14.4 Å². The molecule has 29 heavy (non-hydrogen) atoms. The predicted octanol–water partition coefficient (Wildman–Crippen LogP) is -0.527. The van der Waals surface area contributed by atoms with Crippen LogP contribution in [-0.2, 0) is 38.0 Å². The molecule has 2 amide bonds. The molecule has 6 atom stereocenters. The lowest BCUT2D eigenvalue weighted by atomic mass is 10.1. The standard InChI is InChI=1S/C18H26N2O9/c1-18(2,3)29-17(23)20-6-9-13(27-12(8-20)25-9)15(21)19-5-10-14(16(22)24-4)28-11(7-19)26-10/h9-14H,5-8H2,1-4H3/t9-,10-,11-,12-,13-,14-/m1/s1. The van der Waals surface area contributed by atoms with Gasteiger partial charge >= 0.3 is 12.1 Å². The van der Waals surface area contributed by atoms with Gasteiger partial charge in [0, 0.05) is 0 Å². The molecular weight excluding hydrogens is 388 g/mol. The lowest BCUT2D eigenvalue weighted by molar-refractivity contribution is -0.161. The van der Waals surface area contributed by atoms with Gasteiger partial charge in [0.05, 0.1) is 33.3 Å². The minimum absolute atomic E-state index is 0.176. The van der Waals surface area contributed by atoms with Gasteiger partial charge < -0.3 is 38.2 Å². The third kappa shape index (κ3) is 4.04. The number of esters is 1. The molecule has 0 radical (unpaired) electrons. The molecule has 4 bridgehead atoms. The maximum atomic E-state index is 13.1. The number of ether oxygens (including phenoxy) is 6. The minimum Gasteiger partial charge on any atom is -0.467 e. The van der Waals surface area contributed by atoms with Crippen LogP contribution in [0, 0.1) is 0 Å². The van der Waals surface area contributed by atoms with E-state index in [2.05, 4.69) is 0 Å². The van der Waals surface area contributed by atoms with Gasteiger partial charge in [0.2, 0.25) is 0 Å². The highest BCUT2D eigenvalue weighted by Crippen LogP contribution is 2.31. The third-order valence-electron chi connectivity index (χ3n) is 5.11. The second kappa shape index (κ2) is 7.38. The Morgan fingerprint density at radius 3 is 2.00 bits per heavy atom. The van der Waals surface area contributed by atoms with Crippen molar-refractivity contribution >= 4 is 18.0 Å². The largest absolute Gasteiger partial charge is 0.467 e. The summed E-state index contributed by atoms with van der Waals surface area (Å²) in [5.74, 6) is -0.813. The fraction of sp³-hybridized carbons (Fsp3) is 0.833. The van der Waals surface area contributed by atoms with Gasteiger partial charge in [-0.3, -0.25) is 4.79 Å². The van der Waals surface area contributed by atoms with Gasteiger partial charge in [0.15, 0.2) is 24.8 Å². The van der Waals surface area contributed by atoms with E-state index in [1.165, 1.54) is 12.0 Å². The highest BCUT2D eigenvalue weighted by atomic mass is 16.8. The number of hydrogen-bond acceptors (Lipinski definition) is 9. The van der Waals surface area contributed by atoms with Crippen LogP contribution < -0.4 is 0 Å². The maximum absolute atomic E-state index is 13.1. The van der Waals surface area contributed by atoms with Gasteiger partial charge in [-0.2, -0.15) is 0 Å². The summed E-state index contributed by atoms with van der Waals surface area (Å²) < 4.78 is 32.7. The van der Waals surface area contributed by atoms with Crippen LogP contribution in [0.2, 0.25) is 0 Å². The van der Waals surface area contributed by atoms with Crippen molar-refractivity contribution in [1.29, 1.82) is 0 Å². The van der Waals surface area contributed by atoms with Gasteiger partial charge in [-0.1, -0.05) is 0 Å². The summed E-state index contributed by atoms with van der Waals surface area (Å²) >= 11 is 0. The van der Waals surface area contributed by atoms with Gasteiger partial charge in [0.25, 0.3) is 5.91 Å². The topological polar surface area (TPSA) is 113 Å². The molecule has 0 unspecified atom stereocenters. The van der Waals surface area contributed by atoms with Crippen molar-refractivity contribution < 1.29 is 42.8 Å². The molecule has 0 aromatic carbocycles. The SMILES string of the molecule is COC(=O)[C@@H]1O[C@@H]2CN(C(=O)[C@@H]3O[C@@H]4CN(C(=O)OC(C)(C)C)C[C@H]3O4)C[C@H]1O2. The molecule has 0 saturated carbocycles. The molecule has 162 valence electrons. The van der Waals surface area contributed by atoms with Gasteiger partial charge in [0.1, 0.15) is 17.8 Å². The van der Waals surface area contributed by atoms with Crippen molar-refractivity contribution in [3.05, 3.63) is 0 Å². The molecule has 0 aliphatic carbocycles. The Bertz CT molecular complexity index is 693. The van der Waals surface area contributed by atoms with Crippen LogP contribution in [0.5, 0.6) is 0 Å². The van der Waals surface area contributed by atoms with E-state index in [0.717, 1.165) is 0 Å². The summed E-state index contributed by atoms with van der Waals surface area (Å²) in [6.45, 7) is 6.12. The number of carbonyl (C=O) groups is 3. The Hall–Kier alpha value is -1.95. The zero-order valence-electron chi connectivity index (χ0n) is 16.9. The third-order valence-corrected chi connectivity index (χ3v) is 5.11. The first-order valence-electron chi connectivity index (χ1n) is 9.61. The predicted molar refractivity (Wildman–Crippen MR) is 93.5 cm³/mol. The molecule has 4 heterocycles. The first-order chi connectivity index (χ1) is 13.6. The second-order valence-electron chi connectivity index (χ2n) is 8.47. The van der Waals surface area contributed by atoms with E-state index in [-0.39, 0.29) is 32.1 Å². The van der Waals surface area contributed by atoms with Crippen molar-refractivity contribution in [3.63, 3.8) is 0 Å². The molecule has 4 saturated heterocycles. The average molecular weight is 414 g/mol. The van der Waals surface area contributed by atoms with Crippen LogP contribution >= 0.6 is 0 Å². The smallest absolute Gasteiger partial charge is 0.410 e. The van der Waals surface area contributed by atoms with Crippen LogP contribution in [0.15, 0.2) is 0 Å². The molecular formula is C18H26N2O9. The zero-order chi connectivity index (χ0) is 20.9. The van der Waals surface area contributed by atoms with Gasteiger partial charge in [-0.05, 0) is 20.8 Å². The Balaban J connectivity index is 1.38. The number of fused-ring (bicyclic) bond motifs is 4. The maximum Gasteiger partial charge on any atom is 0.410 e. The normalized spacial score (nSPS) is 36.1. The Kier molecular flexibility index (Phi) is 5.18. The van der Waals surface area contributed by atoms with E-state index < -0.39 is 54.7 Å². The monoisotopic (exact) mass is 414 g/mol. The summed E-state index contributed by atoms with van der Waals surface area (Å²) in [6, 6.07) is 0. The Labute approximate surface area is 168 Å². The zero-order valence-corrected chi connectivity index (χ0v) is 16.9. The Morgan fingerprint density at radius 1 is 0.828 bits per heavy atom. The molecule has 0 spiro atoms. The van der Waals surface area contributed by atoms with E-state index in [1.54, 1.807) is 25.7 Å². The van der Waals surface area contributed by atoms with Crippen LogP contribution in [0.4, 0.5) is 4.79 Å². The fourth-order valence-corrected chi connectivity index (χ4v) is 3.87. The first-order valence-corrected chi connectivity index (χ1v) is 9.61. The number of methoxy groups -OCH3 is 1. The summed E-state index contributed by atoms with van der Waals surface area (Å²) in [5.41, 5.74) is -0.617. The molecule has 4 aliphatic heterocycles. The summed E-state index contributed by atoms with van der Waals surface area (Å²) in [6.07, 6.45) is -4.73. The van der Waals surface area contributed by atoms with Crippen molar-refractivity contribution in [2.45, 2.75) is 63.4 Å². The lowest BCUT2D eigenvalue weighted by Gasteiger charge is -2.34. The molecule has 4 rings (SSSR count). The van der Waals surface area contributed by atoms with Crippen LogP contribution in [0.1, 0.15) is 20.8 Å². The minimum atomic E-state index is -0.856. The highest BCUT2D eigenvalue weighted by Gasteiger charge is 2.52. The van der Waals surface area contributed by atoms with E-state index >= 15 is 0 Å². The number of carbonyl (C=O) groups excluding carboxylic acids is 3. The quantitative estimate of drug-likeness (QED) is 0.550. The molecule has 11 heteroatoms. The second-order valence-corrected chi connectivity index (χ2v) is 8.47. The van der Waals surface area contributed by atoms with E-state index in [4.69, 9.17) is 28.4 Å². The molecule has 0 aromatic rings. The number of nitrogens with zero attached hydrogens (tertiary/aromatic N) is 2.